The summed E-state index contributed by atoms with van der Waals surface area (Å²) in [5, 5.41) is 0. The lowest BCUT2D eigenvalue weighted by atomic mass is 10.2. The Morgan fingerprint density at radius 1 is 0.667 bits per heavy atom. The molecule has 4 rings (SSSR count). The summed E-state index contributed by atoms with van der Waals surface area (Å²) < 4.78 is 32.3. The molecule has 24 heavy (non-hydrogen) atoms. The molecule has 0 saturated carbocycles. The van der Waals surface area contributed by atoms with Gasteiger partial charge in [0.05, 0.1) is 41.2 Å². The molecule has 3 aromatic carbocycles. The van der Waals surface area contributed by atoms with Crippen LogP contribution in [0.3, 0.4) is 0 Å². The first-order valence-electron chi connectivity index (χ1n) is 7.45. The first kappa shape index (κ1) is 15.3. The largest absolute Gasteiger partial charge is 0.455 e. The molecule has 2 atom stereocenters. The van der Waals surface area contributed by atoms with E-state index in [9.17, 15) is 8.42 Å². The lowest BCUT2D eigenvalue weighted by Crippen LogP contribution is -2.00. The normalized spacial score (nSPS) is 18.9. The summed E-state index contributed by atoms with van der Waals surface area (Å²) in [6.07, 6.45) is 0. The molecule has 2 unspecified atom stereocenters. The highest BCUT2D eigenvalue weighted by Gasteiger charge is 2.25. The third-order valence-electron chi connectivity index (χ3n) is 3.82. The number of ether oxygens (including phenoxy) is 1. The van der Waals surface area contributed by atoms with Gasteiger partial charge in [-0.15, -0.1) is 0 Å². The standard InChI is InChI=1S/C19H14O3S2/c1-13-10-11-15-19(12-13)24(21)18-9-5-4-8-17(18)23(20)16-7-3-2-6-14(16)22-15/h2-12H,1H3. The van der Waals surface area contributed by atoms with Crippen molar-refractivity contribution in [3.05, 3.63) is 72.3 Å². The SMILES string of the molecule is Cc1ccc2c(c1)S(=O)c1ccccc1S(=O)c1ccccc1O2. The molecular formula is C19H14O3S2. The van der Waals surface area contributed by atoms with Crippen LogP contribution in [0, 0.1) is 6.92 Å². The van der Waals surface area contributed by atoms with Crippen LogP contribution in [0.1, 0.15) is 5.56 Å². The lowest BCUT2D eigenvalue weighted by Gasteiger charge is -2.11. The molecule has 1 aliphatic heterocycles. The average molecular weight is 354 g/mol. The molecule has 0 fully saturated rings. The Bertz CT molecular complexity index is 995. The van der Waals surface area contributed by atoms with Gasteiger partial charge in [0, 0.05) is 0 Å². The Morgan fingerprint density at radius 3 is 1.92 bits per heavy atom. The van der Waals surface area contributed by atoms with Gasteiger partial charge < -0.3 is 4.74 Å². The van der Waals surface area contributed by atoms with Gasteiger partial charge in [-0.25, -0.2) is 8.42 Å². The van der Waals surface area contributed by atoms with Crippen LogP contribution in [0.15, 0.2) is 86.3 Å². The molecule has 0 aliphatic carbocycles. The van der Waals surface area contributed by atoms with Gasteiger partial charge in [0.1, 0.15) is 11.5 Å². The Balaban J connectivity index is 2.08. The molecular weight excluding hydrogens is 340 g/mol. The van der Waals surface area contributed by atoms with E-state index in [1.165, 1.54) is 0 Å². The summed E-state index contributed by atoms with van der Waals surface area (Å²) >= 11 is 0. The van der Waals surface area contributed by atoms with Gasteiger partial charge in [0.2, 0.25) is 0 Å². The highest BCUT2D eigenvalue weighted by atomic mass is 32.2. The van der Waals surface area contributed by atoms with Gasteiger partial charge >= 0.3 is 0 Å². The fourth-order valence-electron chi connectivity index (χ4n) is 2.64. The molecule has 5 heteroatoms. The van der Waals surface area contributed by atoms with Crippen molar-refractivity contribution < 1.29 is 13.2 Å². The van der Waals surface area contributed by atoms with Crippen molar-refractivity contribution in [1.29, 1.82) is 0 Å². The van der Waals surface area contributed by atoms with Crippen molar-refractivity contribution in [2.24, 2.45) is 0 Å². The number of hydrogen-bond acceptors (Lipinski definition) is 3. The van der Waals surface area contributed by atoms with Gasteiger partial charge in [-0.1, -0.05) is 30.3 Å². The van der Waals surface area contributed by atoms with E-state index in [4.69, 9.17) is 4.74 Å². The molecule has 0 saturated heterocycles. The molecule has 1 aliphatic rings. The minimum Gasteiger partial charge on any atom is -0.455 e. The fraction of sp³-hybridized carbons (Fsp3) is 0.0526. The predicted octanol–water partition coefficient (Wildman–Crippen LogP) is 4.43. The number of rotatable bonds is 0. The van der Waals surface area contributed by atoms with Crippen LogP contribution in [-0.2, 0) is 21.6 Å². The van der Waals surface area contributed by atoms with Gasteiger partial charge in [-0.3, -0.25) is 0 Å². The maximum atomic E-state index is 13.2. The van der Waals surface area contributed by atoms with Crippen molar-refractivity contribution in [3.8, 4) is 11.5 Å². The van der Waals surface area contributed by atoms with Crippen LogP contribution in [0.25, 0.3) is 0 Å². The summed E-state index contributed by atoms with van der Waals surface area (Å²) in [5.74, 6) is 1.05. The van der Waals surface area contributed by atoms with Gasteiger partial charge in [0.15, 0.2) is 0 Å². The Kier molecular flexibility index (Phi) is 3.82. The second kappa shape index (κ2) is 6.00. The number of hydrogen-bond donors (Lipinski definition) is 0. The molecule has 3 aromatic rings. The highest BCUT2D eigenvalue weighted by molar-refractivity contribution is 7.88. The van der Waals surface area contributed by atoms with Crippen LogP contribution in [0.5, 0.6) is 11.5 Å². The smallest absolute Gasteiger partial charge is 0.143 e. The van der Waals surface area contributed by atoms with Gasteiger partial charge in [0.25, 0.3) is 0 Å². The third kappa shape index (κ3) is 2.50. The summed E-state index contributed by atoms with van der Waals surface area (Å²) in [5.41, 5.74) is 0.997. The molecule has 120 valence electrons. The van der Waals surface area contributed by atoms with Crippen molar-refractivity contribution in [3.63, 3.8) is 0 Å². The quantitative estimate of drug-likeness (QED) is 0.469. The van der Waals surface area contributed by atoms with Crippen LogP contribution in [0.4, 0.5) is 0 Å². The van der Waals surface area contributed by atoms with Crippen molar-refractivity contribution in [2.75, 3.05) is 0 Å². The van der Waals surface area contributed by atoms with Crippen molar-refractivity contribution in [2.45, 2.75) is 26.5 Å². The molecule has 0 spiro atoms. The van der Waals surface area contributed by atoms with Crippen molar-refractivity contribution in [1.82, 2.24) is 0 Å². The van der Waals surface area contributed by atoms with Crippen LogP contribution < -0.4 is 4.74 Å². The van der Waals surface area contributed by atoms with E-state index < -0.39 is 21.6 Å². The Morgan fingerprint density at radius 2 is 1.21 bits per heavy atom. The zero-order valence-electron chi connectivity index (χ0n) is 12.9. The maximum Gasteiger partial charge on any atom is 0.143 e. The summed E-state index contributed by atoms with van der Waals surface area (Å²) in [6.45, 7) is 1.95. The zero-order chi connectivity index (χ0) is 16.7. The molecule has 0 radical (unpaired) electrons. The molecule has 0 N–H and O–H groups in total. The highest BCUT2D eigenvalue weighted by Crippen LogP contribution is 2.39. The minimum absolute atomic E-state index is 0.523. The topological polar surface area (TPSA) is 43.4 Å². The van der Waals surface area contributed by atoms with Crippen molar-refractivity contribution >= 4 is 21.6 Å². The molecule has 0 aromatic heterocycles. The number of aryl methyl sites for hydroxylation is 1. The van der Waals surface area contributed by atoms with E-state index in [-0.39, 0.29) is 0 Å². The maximum absolute atomic E-state index is 13.2. The van der Waals surface area contributed by atoms with Gasteiger partial charge in [-0.2, -0.15) is 0 Å². The Hall–Kier alpha value is -2.24. The van der Waals surface area contributed by atoms with E-state index in [1.54, 1.807) is 24.3 Å². The first-order valence-corrected chi connectivity index (χ1v) is 9.75. The number of benzene rings is 3. The zero-order valence-corrected chi connectivity index (χ0v) is 14.5. The minimum atomic E-state index is -1.47. The van der Waals surface area contributed by atoms with E-state index in [1.807, 2.05) is 49.4 Å². The third-order valence-corrected chi connectivity index (χ3v) is 6.91. The molecule has 3 nitrogen and oxygen atoms in total. The number of fused-ring (bicyclic) bond motifs is 3. The van der Waals surface area contributed by atoms with E-state index in [0.717, 1.165) is 5.56 Å². The predicted molar refractivity (Wildman–Crippen MR) is 93.5 cm³/mol. The van der Waals surface area contributed by atoms with E-state index >= 15 is 0 Å². The van der Waals surface area contributed by atoms with Gasteiger partial charge in [-0.05, 0) is 48.9 Å². The second-order valence-electron chi connectivity index (χ2n) is 5.48. The van der Waals surface area contributed by atoms with Crippen LogP contribution in [0.2, 0.25) is 0 Å². The molecule has 1 heterocycles. The van der Waals surface area contributed by atoms with E-state index in [0.29, 0.717) is 31.1 Å². The summed E-state index contributed by atoms with van der Waals surface area (Å²) in [6, 6.07) is 20.0. The van der Waals surface area contributed by atoms with Crippen LogP contribution >= 0.6 is 0 Å². The fourth-order valence-corrected chi connectivity index (χ4v) is 5.56. The molecule has 0 amide bonds. The summed E-state index contributed by atoms with van der Waals surface area (Å²) in [7, 11) is -2.93. The Labute approximate surface area is 145 Å². The van der Waals surface area contributed by atoms with Crippen LogP contribution in [-0.4, -0.2) is 8.42 Å². The number of para-hydroxylation sites is 1. The average Bonchev–Trinajstić information content (AvgIpc) is 2.65. The first-order chi connectivity index (χ1) is 11.6. The summed E-state index contributed by atoms with van der Waals surface area (Å²) in [4.78, 5) is 2.29. The monoisotopic (exact) mass is 354 g/mol. The second-order valence-corrected chi connectivity index (χ2v) is 8.32. The lowest BCUT2D eigenvalue weighted by molar-refractivity contribution is 0.458. The van der Waals surface area contributed by atoms with E-state index in [2.05, 4.69) is 0 Å². The molecule has 0 bridgehead atoms.